The lowest BCUT2D eigenvalue weighted by Crippen LogP contribution is -2.37. The Bertz CT molecular complexity index is 910. The van der Waals surface area contributed by atoms with Crippen LogP contribution in [0.5, 0.6) is 0 Å². The van der Waals surface area contributed by atoms with Gasteiger partial charge in [0.05, 0.1) is 0 Å². The van der Waals surface area contributed by atoms with Crippen molar-refractivity contribution in [2.75, 3.05) is 0 Å². The van der Waals surface area contributed by atoms with Crippen LogP contribution in [-0.4, -0.2) is 13.4 Å². The minimum atomic E-state index is -2.56. The predicted octanol–water partition coefficient (Wildman–Crippen LogP) is 7.59. The predicted molar refractivity (Wildman–Crippen MR) is 121 cm³/mol. The summed E-state index contributed by atoms with van der Waals surface area (Å²) in [6.07, 6.45) is 0. The first-order valence-corrected chi connectivity index (χ1v) is 17.7. The van der Waals surface area contributed by atoms with E-state index < -0.39 is 13.4 Å². The van der Waals surface area contributed by atoms with Gasteiger partial charge in [-0.15, -0.1) is 44.3 Å². The molecule has 0 radical (unpaired) electrons. The summed E-state index contributed by atoms with van der Waals surface area (Å²) in [4.78, 5) is 0. The van der Waals surface area contributed by atoms with E-state index in [2.05, 4.69) is 48.5 Å². The van der Waals surface area contributed by atoms with E-state index in [1.54, 1.807) is 0 Å². The van der Waals surface area contributed by atoms with Crippen LogP contribution in [0.25, 0.3) is 10.8 Å². The fourth-order valence-electron chi connectivity index (χ4n) is 4.24. The molecule has 0 fully saturated rings. The van der Waals surface area contributed by atoms with Crippen LogP contribution in [0, 0.1) is 0 Å². The van der Waals surface area contributed by atoms with Gasteiger partial charge in [0.2, 0.25) is 0 Å². The molecule has 0 saturated carbocycles. The van der Waals surface area contributed by atoms with E-state index in [-0.39, 0.29) is 11.1 Å². The minimum Gasteiger partial charge on any atom is -0.145 e. The summed E-state index contributed by atoms with van der Waals surface area (Å²) in [5, 5.41) is 2.38. The van der Waals surface area contributed by atoms with Crippen LogP contribution in [-0.2, 0) is 0 Å². The summed E-state index contributed by atoms with van der Waals surface area (Å²) >= 11 is 27.3. The SMILES string of the molecule is C[Si](Cl)(Cl)C1c2ccccc2C([Si](C)(Cl)Cl)c2cc3ccccc3cc21. The van der Waals surface area contributed by atoms with Crippen molar-refractivity contribution in [1.29, 1.82) is 0 Å². The zero-order valence-electron chi connectivity index (χ0n) is 14.4. The van der Waals surface area contributed by atoms with E-state index in [0.717, 1.165) is 0 Å². The maximum Gasteiger partial charge on any atom is 0.259 e. The number of halogens is 4. The van der Waals surface area contributed by atoms with Crippen molar-refractivity contribution in [3.05, 3.63) is 82.9 Å². The molecule has 0 aliphatic heterocycles. The molecule has 2 atom stereocenters. The largest absolute Gasteiger partial charge is 0.259 e. The highest BCUT2D eigenvalue weighted by atomic mass is 35.7. The third kappa shape index (κ3) is 3.15. The van der Waals surface area contributed by atoms with Crippen LogP contribution in [0.1, 0.15) is 33.3 Å². The van der Waals surface area contributed by atoms with Gasteiger partial charge in [-0.2, -0.15) is 0 Å². The van der Waals surface area contributed by atoms with Crippen molar-refractivity contribution < 1.29 is 0 Å². The van der Waals surface area contributed by atoms with E-state index in [4.69, 9.17) is 44.3 Å². The molecular weight excluding hydrogens is 438 g/mol. The smallest absolute Gasteiger partial charge is 0.145 e. The monoisotopic (exact) mass is 454 g/mol. The van der Waals surface area contributed by atoms with Crippen LogP contribution in [0.4, 0.5) is 0 Å². The Labute approximate surface area is 174 Å². The van der Waals surface area contributed by atoms with Gasteiger partial charge in [-0.1, -0.05) is 60.7 Å². The van der Waals surface area contributed by atoms with E-state index >= 15 is 0 Å². The third-order valence-corrected chi connectivity index (χ3v) is 11.1. The lowest BCUT2D eigenvalue weighted by Gasteiger charge is -2.40. The molecule has 1 aliphatic carbocycles. The van der Waals surface area contributed by atoms with Gasteiger partial charge >= 0.3 is 0 Å². The minimum absolute atomic E-state index is 0.00238. The normalized spacial score (nSPS) is 19.9. The summed E-state index contributed by atoms with van der Waals surface area (Å²) in [6, 6.07) is 21.2. The lowest BCUT2D eigenvalue weighted by atomic mass is 9.83. The van der Waals surface area contributed by atoms with Crippen LogP contribution in [0.2, 0.25) is 13.1 Å². The van der Waals surface area contributed by atoms with Gasteiger partial charge in [-0.25, -0.2) is 0 Å². The van der Waals surface area contributed by atoms with Crippen molar-refractivity contribution >= 4 is 68.5 Å². The Kier molecular flexibility index (Phi) is 4.75. The lowest BCUT2D eigenvalue weighted by molar-refractivity contribution is 0.933. The first kappa shape index (κ1) is 18.9. The van der Waals surface area contributed by atoms with Gasteiger partial charge in [0.25, 0.3) is 13.4 Å². The van der Waals surface area contributed by atoms with E-state index in [9.17, 15) is 0 Å². The third-order valence-electron chi connectivity index (χ3n) is 5.21. The zero-order valence-corrected chi connectivity index (χ0v) is 19.5. The van der Waals surface area contributed by atoms with Crippen LogP contribution in [0.3, 0.4) is 0 Å². The highest BCUT2D eigenvalue weighted by Gasteiger charge is 2.48. The molecule has 0 bridgehead atoms. The molecule has 3 aromatic carbocycles. The summed E-state index contributed by atoms with van der Waals surface area (Å²) in [6.45, 7) is -1.13. The second kappa shape index (κ2) is 6.54. The highest BCUT2D eigenvalue weighted by molar-refractivity contribution is 7.46. The van der Waals surface area contributed by atoms with Crippen molar-refractivity contribution in [3.8, 4) is 0 Å². The second-order valence-corrected chi connectivity index (χ2v) is 22.8. The van der Waals surface area contributed by atoms with Crippen molar-refractivity contribution in [2.24, 2.45) is 0 Å². The Morgan fingerprint density at radius 2 is 0.923 bits per heavy atom. The van der Waals surface area contributed by atoms with Crippen molar-refractivity contribution in [2.45, 2.75) is 24.2 Å². The standard InChI is InChI=1S/C20H18Cl4Si2/c1-25(21,22)19-15-9-5-6-10-16(15)20(26(2,23)24)18-12-14-8-4-3-7-13(14)11-17(18)19/h3-12,19-20H,1-2H3. The highest BCUT2D eigenvalue weighted by Crippen LogP contribution is 2.53. The Balaban J connectivity index is 2.11. The molecule has 0 aromatic heterocycles. The van der Waals surface area contributed by atoms with Crippen LogP contribution >= 0.6 is 44.3 Å². The number of hydrogen-bond acceptors (Lipinski definition) is 0. The van der Waals surface area contributed by atoms with E-state index in [1.807, 2.05) is 25.2 Å². The molecule has 4 rings (SSSR count). The molecular formula is C20H18Cl4Si2. The molecule has 1 aliphatic rings. The molecule has 6 heteroatoms. The Morgan fingerprint density at radius 3 is 1.27 bits per heavy atom. The van der Waals surface area contributed by atoms with Gasteiger partial charge in [0, 0.05) is 11.1 Å². The number of benzene rings is 3. The fraction of sp³-hybridized carbons (Fsp3) is 0.200. The summed E-state index contributed by atoms with van der Waals surface area (Å²) in [5.41, 5.74) is 4.74. The molecule has 0 nitrogen and oxygen atoms in total. The summed E-state index contributed by atoms with van der Waals surface area (Å²) in [5.74, 6) is 0. The maximum atomic E-state index is 6.83. The molecule has 0 saturated heterocycles. The molecule has 3 aromatic rings. The van der Waals surface area contributed by atoms with Crippen LogP contribution < -0.4 is 0 Å². The van der Waals surface area contributed by atoms with Gasteiger partial charge in [-0.3, -0.25) is 0 Å². The second-order valence-electron chi connectivity index (χ2n) is 7.24. The van der Waals surface area contributed by atoms with Gasteiger partial charge in [0.1, 0.15) is 0 Å². The quantitative estimate of drug-likeness (QED) is 0.275. The van der Waals surface area contributed by atoms with Crippen molar-refractivity contribution in [3.63, 3.8) is 0 Å². The Morgan fingerprint density at radius 1 is 0.577 bits per heavy atom. The van der Waals surface area contributed by atoms with E-state index in [0.29, 0.717) is 0 Å². The molecule has 26 heavy (non-hydrogen) atoms. The fourth-order valence-corrected chi connectivity index (χ4v) is 10.3. The first-order chi connectivity index (χ1) is 12.2. The van der Waals surface area contributed by atoms with E-state index in [1.165, 1.54) is 33.0 Å². The topological polar surface area (TPSA) is 0 Å². The maximum absolute atomic E-state index is 6.83. The number of fused-ring (bicyclic) bond motifs is 3. The molecule has 0 heterocycles. The molecule has 0 N–H and O–H groups in total. The first-order valence-electron chi connectivity index (χ1n) is 8.55. The Hall–Kier alpha value is -0.486. The number of hydrogen-bond donors (Lipinski definition) is 0. The average molecular weight is 456 g/mol. The average Bonchev–Trinajstić information content (AvgIpc) is 2.55. The number of rotatable bonds is 2. The molecule has 0 amide bonds. The van der Waals surface area contributed by atoms with Crippen molar-refractivity contribution in [1.82, 2.24) is 0 Å². The molecule has 134 valence electrons. The van der Waals surface area contributed by atoms with Gasteiger partial charge in [-0.05, 0) is 46.1 Å². The summed E-state index contributed by atoms with van der Waals surface area (Å²) < 4.78 is 0. The molecule has 2 unspecified atom stereocenters. The molecule has 0 spiro atoms. The van der Waals surface area contributed by atoms with Gasteiger partial charge < -0.3 is 0 Å². The van der Waals surface area contributed by atoms with Gasteiger partial charge in [0.15, 0.2) is 0 Å². The summed E-state index contributed by atoms with van der Waals surface area (Å²) in [7, 11) is 0. The van der Waals surface area contributed by atoms with Crippen LogP contribution in [0.15, 0.2) is 60.7 Å². The zero-order chi connectivity index (χ0) is 18.7.